The van der Waals surface area contributed by atoms with Crippen LogP contribution in [0, 0.1) is 10.1 Å². The fraction of sp³-hybridized carbons (Fsp3) is 0.214. The van der Waals surface area contributed by atoms with Crippen LogP contribution in [0.5, 0.6) is 0 Å². The van der Waals surface area contributed by atoms with Gasteiger partial charge in [0.2, 0.25) is 5.82 Å². The topological polar surface area (TPSA) is 163 Å². The number of carbonyl (C=O) groups excluding carboxylic acids is 1. The minimum atomic E-state index is -0.646. The molecule has 2 aromatic heterocycles. The summed E-state index contributed by atoms with van der Waals surface area (Å²) < 4.78 is 11.4. The molecule has 3 rings (SSSR count). The molecule has 0 fully saturated rings. The fourth-order valence-electron chi connectivity index (χ4n) is 2.17. The molecule has 0 amide bonds. The monoisotopic (exact) mass is 361 g/mol. The summed E-state index contributed by atoms with van der Waals surface area (Å²) in [6, 6.07) is 2.64. The molecule has 0 spiro atoms. The number of nitrogens with zero attached hydrogens (tertiary/aromatic N) is 4. The lowest BCUT2D eigenvalue weighted by Gasteiger charge is -2.19. The van der Waals surface area contributed by atoms with Crippen molar-refractivity contribution in [1.29, 1.82) is 0 Å². The third-order valence-electron chi connectivity index (χ3n) is 3.31. The summed E-state index contributed by atoms with van der Waals surface area (Å²) in [4.78, 5) is 21.5. The second kappa shape index (κ2) is 6.96. The number of esters is 1. The minimum absolute atomic E-state index is 0.0292. The minimum Gasteiger partial charge on any atom is -0.465 e. The predicted octanol–water partition coefficient (Wildman–Crippen LogP) is 0.297. The summed E-state index contributed by atoms with van der Waals surface area (Å²) in [6.07, 6.45) is 3.06. The molecule has 3 heterocycles. The van der Waals surface area contributed by atoms with Gasteiger partial charge in [0.15, 0.2) is 11.6 Å². The zero-order valence-corrected chi connectivity index (χ0v) is 13.6. The van der Waals surface area contributed by atoms with Crippen LogP contribution in [0.3, 0.4) is 0 Å². The molecule has 12 nitrogen and oxygen atoms in total. The molecule has 0 unspecified atom stereocenters. The van der Waals surface area contributed by atoms with Gasteiger partial charge < -0.3 is 20.2 Å². The molecule has 2 aromatic rings. The molecule has 0 atom stereocenters. The van der Waals surface area contributed by atoms with Crippen molar-refractivity contribution in [2.45, 2.75) is 6.92 Å². The van der Waals surface area contributed by atoms with Gasteiger partial charge in [0.25, 0.3) is 0 Å². The first kappa shape index (κ1) is 17.0. The van der Waals surface area contributed by atoms with Crippen LogP contribution in [0.15, 0.2) is 34.1 Å². The van der Waals surface area contributed by atoms with E-state index in [-0.39, 0.29) is 18.1 Å². The van der Waals surface area contributed by atoms with Gasteiger partial charge in [-0.2, -0.15) is 0 Å². The van der Waals surface area contributed by atoms with Crippen LogP contribution in [-0.4, -0.2) is 38.9 Å². The zero-order chi connectivity index (χ0) is 18.7. The molecule has 1 aliphatic rings. The van der Waals surface area contributed by atoms with E-state index in [9.17, 15) is 14.9 Å². The zero-order valence-electron chi connectivity index (χ0n) is 13.6. The number of fused-ring (bicyclic) bond motifs is 1. The van der Waals surface area contributed by atoms with E-state index in [0.29, 0.717) is 23.8 Å². The Bertz CT molecular complexity index is 911. The van der Waals surface area contributed by atoms with E-state index in [2.05, 4.69) is 20.9 Å². The maximum atomic E-state index is 11.3. The number of nitro groups is 1. The number of nitrogens with two attached hydrogens (primary N) is 1. The van der Waals surface area contributed by atoms with Crippen LogP contribution in [0.25, 0.3) is 17.7 Å². The van der Waals surface area contributed by atoms with Crippen molar-refractivity contribution in [2.75, 3.05) is 18.6 Å². The standard InChI is InChI=1S/C14H15N7O5/c1-2-25-13(22)7-16-6-9-8(15)5-11-17-18-14(20(11)19-9)10-3-4-12(26-10)21(23)24/h3-6,16,19H,2,7,15H2,1H3. The van der Waals surface area contributed by atoms with Crippen molar-refractivity contribution < 1.29 is 18.9 Å². The smallest absolute Gasteiger partial charge is 0.433 e. The Kier molecular flexibility index (Phi) is 4.55. The van der Waals surface area contributed by atoms with E-state index in [0.717, 1.165) is 0 Å². The van der Waals surface area contributed by atoms with Gasteiger partial charge in [-0.15, -0.1) is 10.2 Å². The Balaban J connectivity index is 1.81. The van der Waals surface area contributed by atoms with Gasteiger partial charge in [-0.3, -0.25) is 20.3 Å². The molecule has 12 heteroatoms. The summed E-state index contributed by atoms with van der Waals surface area (Å²) in [5.74, 6) is -0.0331. The van der Waals surface area contributed by atoms with Gasteiger partial charge in [0, 0.05) is 12.3 Å². The Labute approximate surface area is 146 Å². The largest absolute Gasteiger partial charge is 0.465 e. The summed E-state index contributed by atoms with van der Waals surface area (Å²) in [6.45, 7) is 1.98. The second-order valence-corrected chi connectivity index (χ2v) is 5.07. The lowest BCUT2D eigenvalue weighted by atomic mass is 10.3. The molecule has 0 saturated heterocycles. The normalized spacial score (nSPS) is 14.3. The lowest BCUT2D eigenvalue weighted by molar-refractivity contribution is -0.401. The van der Waals surface area contributed by atoms with E-state index < -0.39 is 16.8 Å². The summed E-state index contributed by atoms with van der Waals surface area (Å²) in [5, 5.41) is 21.4. The van der Waals surface area contributed by atoms with Crippen molar-refractivity contribution >= 4 is 17.9 Å². The third kappa shape index (κ3) is 3.33. The molecule has 0 saturated carbocycles. The quantitative estimate of drug-likeness (QED) is 0.370. The van der Waals surface area contributed by atoms with Crippen LogP contribution in [0.2, 0.25) is 0 Å². The van der Waals surface area contributed by atoms with E-state index in [1.165, 1.54) is 23.0 Å². The molecular formula is C14H15N7O5. The lowest BCUT2D eigenvalue weighted by Crippen LogP contribution is -2.28. The summed E-state index contributed by atoms with van der Waals surface area (Å²) in [5.41, 5.74) is 9.70. The highest BCUT2D eigenvalue weighted by Gasteiger charge is 2.23. The number of furan rings is 1. The molecule has 26 heavy (non-hydrogen) atoms. The molecule has 1 aliphatic heterocycles. The number of carbonyl (C=O) groups is 1. The molecule has 0 aromatic carbocycles. The predicted molar refractivity (Wildman–Crippen MR) is 88.6 cm³/mol. The van der Waals surface area contributed by atoms with Crippen molar-refractivity contribution in [3.05, 3.63) is 45.7 Å². The average molecular weight is 361 g/mol. The maximum Gasteiger partial charge on any atom is 0.433 e. The summed E-state index contributed by atoms with van der Waals surface area (Å²) in [7, 11) is 0. The van der Waals surface area contributed by atoms with Gasteiger partial charge in [-0.05, 0) is 13.0 Å². The Morgan fingerprint density at radius 2 is 2.35 bits per heavy atom. The number of nitrogens with one attached hydrogen (secondary N) is 2. The molecule has 0 aliphatic carbocycles. The Morgan fingerprint density at radius 3 is 3.04 bits per heavy atom. The number of rotatable bonds is 6. The van der Waals surface area contributed by atoms with Crippen molar-refractivity contribution in [3.8, 4) is 11.6 Å². The van der Waals surface area contributed by atoms with Crippen molar-refractivity contribution in [1.82, 2.24) is 20.2 Å². The van der Waals surface area contributed by atoms with Gasteiger partial charge in [-0.25, -0.2) is 4.68 Å². The fourth-order valence-corrected chi connectivity index (χ4v) is 2.17. The number of hydrogen-bond acceptors (Lipinski definition) is 10. The number of hydrogen-bond donors (Lipinski definition) is 3. The highest BCUT2D eigenvalue weighted by molar-refractivity contribution is 5.71. The van der Waals surface area contributed by atoms with Crippen LogP contribution >= 0.6 is 0 Å². The SMILES string of the molecule is CCOC(=O)CNC=C1Nn2c(nnc2-c2ccc([N+](=O)[O-])o2)C=C1N. The molecule has 136 valence electrons. The van der Waals surface area contributed by atoms with Crippen LogP contribution in [0.4, 0.5) is 5.88 Å². The molecule has 4 N–H and O–H groups in total. The molecule has 0 radical (unpaired) electrons. The van der Waals surface area contributed by atoms with E-state index in [1.54, 1.807) is 13.0 Å². The van der Waals surface area contributed by atoms with Gasteiger partial charge >= 0.3 is 11.9 Å². The first-order valence-corrected chi connectivity index (χ1v) is 7.53. The van der Waals surface area contributed by atoms with Crippen LogP contribution in [0.1, 0.15) is 12.7 Å². The highest BCUT2D eigenvalue weighted by Crippen LogP contribution is 2.27. The molecule has 0 bridgehead atoms. The first-order valence-electron chi connectivity index (χ1n) is 7.53. The molecular weight excluding hydrogens is 346 g/mol. The Hall–Kier alpha value is -3.83. The first-order chi connectivity index (χ1) is 12.5. The van der Waals surface area contributed by atoms with E-state index in [4.69, 9.17) is 14.9 Å². The second-order valence-electron chi connectivity index (χ2n) is 5.07. The highest BCUT2D eigenvalue weighted by atomic mass is 16.6. The van der Waals surface area contributed by atoms with Gasteiger partial charge in [0.1, 0.15) is 11.5 Å². The number of ether oxygens (including phenoxy) is 1. The maximum absolute atomic E-state index is 11.3. The van der Waals surface area contributed by atoms with Gasteiger partial charge in [0.05, 0.1) is 24.1 Å². The third-order valence-corrected chi connectivity index (χ3v) is 3.31. The Morgan fingerprint density at radius 1 is 1.54 bits per heavy atom. The van der Waals surface area contributed by atoms with Crippen molar-refractivity contribution in [2.24, 2.45) is 5.73 Å². The van der Waals surface area contributed by atoms with E-state index >= 15 is 0 Å². The average Bonchev–Trinajstić information content (AvgIpc) is 3.21. The number of aromatic nitrogens is 3. The van der Waals surface area contributed by atoms with Gasteiger partial charge in [-0.1, -0.05) is 0 Å². The van der Waals surface area contributed by atoms with Crippen LogP contribution in [-0.2, 0) is 9.53 Å². The van der Waals surface area contributed by atoms with E-state index in [1.807, 2.05) is 0 Å². The van der Waals surface area contributed by atoms with Crippen molar-refractivity contribution in [3.63, 3.8) is 0 Å². The summed E-state index contributed by atoms with van der Waals surface area (Å²) >= 11 is 0. The van der Waals surface area contributed by atoms with Crippen LogP contribution < -0.4 is 16.5 Å².